The molecular weight excluding hydrogens is 414 g/mol. The van der Waals surface area contributed by atoms with Gasteiger partial charge >= 0.3 is 6.03 Å². The van der Waals surface area contributed by atoms with Crippen molar-refractivity contribution in [2.75, 3.05) is 5.32 Å². The maximum Gasteiger partial charge on any atom is 0.322 e. The Balaban J connectivity index is 1.55. The molecule has 1 aromatic heterocycles. The molecule has 2 N–H and O–H groups in total. The fourth-order valence-corrected chi connectivity index (χ4v) is 4.28. The van der Waals surface area contributed by atoms with E-state index in [1.807, 2.05) is 37.3 Å². The molecule has 9 heteroatoms. The maximum atomic E-state index is 13.0. The minimum absolute atomic E-state index is 0.275. The molecule has 4 rings (SSSR count). The molecule has 1 aliphatic rings. The van der Waals surface area contributed by atoms with Crippen molar-refractivity contribution in [1.29, 1.82) is 0 Å². The second-order valence-corrected chi connectivity index (χ2v) is 8.14. The molecule has 2 aromatic carbocycles. The normalized spacial score (nSPS) is 13.8. The summed E-state index contributed by atoms with van der Waals surface area (Å²) < 4.78 is 0. The Labute approximate surface area is 183 Å². The van der Waals surface area contributed by atoms with Gasteiger partial charge in [-0.05, 0) is 24.1 Å². The van der Waals surface area contributed by atoms with E-state index in [2.05, 4.69) is 20.8 Å². The monoisotopic (exact) mass is 435 g/mol. The van der Waals surface area contributed by atoms with Crippen molar-refractivity contribution < 1.29 is 14.4 Å². The number of imide groups is 1. The topological polar surface area (TPSA) is 104 Å². The van der Waals surface area contributed by atoms with Crippen molar-refractivity contribution >= 4 is 34.3 Å². The minimum Gasteiger partial charge on any atom is -0.317 e. The van der Waals surface area contributed by atoms with Crippen LogP contribution >= 0.6 is 11.3 Å². The van der Waals surface area contributed by atoms with Crippen molar-refractivity contribution in [2.45, 2.75) is 32.4 Å². The summed E-state index contributed by atoms with van der Waals surface area (Å²) in [7, 11) is 0. The quantitative estimate of drug-likeness (QED) is 0.553. The second kappa shape index (κ2) is 9.05. The van der Waals surface area contributed by atoms with Crippen LogP contribution < -0.4 is 10.6 Å². The number of amides is 4. The van der Waals surface area contributed by atoms with Gasteiger partial charge in [0.25, 0.3) is 11.8 Å². The first-order valence-corrected chi connectivity index (χ1v) is 10.8. The van der Waals surface area contributed by atoms with Crippen LogP contribution in [0.25, 0.3) is 0 Å². The van der Waals surface area contributed by atoms with Gasteiger partial charge < -0.3 is 5.32 Å². The molecule has 0 bridgehead atoms. The summed E-state index contributed by atoms with van der Waals surface area (Å²) in [5.41, 5.74) is 1.55. The highest BCUT2D eigenvalue weighted by Crippen LogP contribution is 2.25. The third-order valence-corrected chi connectivity index (χ3v) is 5.76. The molecule has 0 fully saturated rings. The van der Waals surface area contributed by atoms with Crippen molar-refractivity contribution in [3.8, 4) is 0 Å². The summed E-state index contributed by atoms with van der Waals surface area (Å²) in [4.78, 5) is 39.7. The standard InChI is InChI=1S/C22H21N5O3S/c1-2-8-18-25-26-22(31-18)24-21(30)23-17(13-14-9-4-3-5-10-14)27-19(28)15-11-6-7-12-16(15)20(27)29/h3-7,9-12,17H,2,8,13H2,1H3,(H2,23,24,26,30). The van der Waals surface area contributed by atoms with Crippen LogP contribution in [-0.2, 0) is 12.8 Å². The summed E-state index contributed by atoms with van der Waals surface area (Å²) >= 11 is 1.30. The molecule has 31 heavy (non-hydrogen) atoms. The number of nitrogens with one attached hydrogen (secondary N) is 2. The van der Waals surface area contributed by atoms with E-state index in [-0.39, 0.29) is 6.42 Å². The molecule has 2 heterocycles. The van der Waals surface area contributed by atoms with Crippen LogP contribution in [0, 0.1) is 0 Å². The van der Waals surface area contributed by atoms with Gasteiger partial charge in [-0.25, -0.2) is 4.79 Å². The summed E-state index contributed by atoms with van der Waals surface area (Å²) in [6.45, 7) is 2.04. The van der Waals surface area contributed by atoms with Gasteiger partial charge in [-0.2, -0.15) is 0 Å². The number of aromatic nitrogens is 2. The predicted molar refractivity (Wildman–Crippen MR) is 117 cm³/mol. The zero-order valence-electron chi connectivity index (χ0n) is 16.9. The molecule has 0 aliphatic carbocycles. The lowest BCUT2D eigenvalue weighted by molar-refractivity contribution is 0.0565. The molecule has 1 atom stereocenters. The molecule has 0 saturated heterocycles. The number of carbonyl (C=O) groups is 3. The number of anilines is 1. The first kappa shape index (κ1) is 20.7. The Hall–Kier alpha value is -3.59. The van der Waals surface area contributed by atoms with E-state index in [1.165, 1.54) is 11.3 Å². The maximum absolute atomic E-state index is 13.0. The largest absolute Gasteiger partial charge is 0.322 e. The Morgan fingerprint density at radius 1 is 1.00 bits per heavy atom. The Morgan fingerprint density at radius 2 is 1.65 bits per heavy atom. The molecule has 0 saturated carbocycles. The summed E-state index contributed by atoms with van der Waals surface area (Å²) in [5, 5.41) is 14.6. The highest BCUT2D eigenvalue weighted by Gasteiger charge is 2.40. The highest BCUT2D eigenvalue weighted by molar-refractivity contribution is 7.15. The van der Waals surface area contributed by atoms with Gasteiger partial charge in [0.1, 0.15) is 11.2 Å². The molecule has 1 aliphatic heterocycles. The van der Waals surface area contributed by atoms with Crippen LogP contribution in [0.4, 0.5) is 9.93 Å². The van der Waals surface area contributed by atoms with Crippen LogP contribution in [-0.4, -0.2) is 39.1 Å². The fourth-order valence-electron chi connectivity index (χ4n) is 3.44. The molecule has 8 nitrogen and oxygen atoms in total. The Kier molecular flexibility index (Phi) is 6.03. The van der Waals surface area contributed by atoms with Crippen LogP contribution in [0.2, 0.25) is 0 Å². The summed E-state index contributed by atoms with van der Waals surface area (Å²) in [6, 6.07) is 15.5. The Morgan fingerprint density at radius 3 is 2.29 bits per heavy atom. The second-order valence-electron chi connectivity index (χ2n) is 7.08. The zero-order valence-corrected chi connectivity index (χ0v) is 17.7. The van der Waals surface area contributed by atoms with Gasteiger partial charge in [-0.1, -0.05) is 60.7 Å². The van der Waals surface area contributed by atoms with E-state index in [4.69, 9.17) is 0 Å². The number of rotatable bonds is 7. The smallest absolute Gasteiger partial charge is 0.317 e. The number of carbonyl (C=O) groups excluding carboxylic acids is 3. The van der Waals surface area contributed by atoms with Crippen LogP contribution in [0.1, 0.15) is 44.6 Å². The number of fused-ring (bicyclic) bond motifs is 1. The van der Waals surface area contributed by atoms with E-state index in [9.17, 15) is 14.4 Å². The van der Waals surface area contributed by atoms with Gasteiger partial charge in [0.15, 0.2) is 0 Å². The number of nitrogens with zero attached hydrogens (tertiary/aromatic N) is 3. The van der Waals surface area contributed by atoms with E-state index in [0.717, 1.165) is 28.3 Å². The van der Waals surface area contributed by atoms with Crippen molar-refractivity contribution in [3.05, 3.63) is 76.3 Å². The first-order valence-electron chi connectivity index (χ1n) is 9.97. The van der Waals surface area contributed by atoms with Gasteiger partial charge in [0.2, 0.25) is 5.13 Å². The molecule has 4 amide bonds. The fraction of sp³-hybridized carbons (Fsp3) is 0.227. The average Bonchev–Trinajstić information content (AvgIpc) is 3.31. The SMILES string of the molecule is CCCc1nnc(NC(=O)NC(Cc2ccccc2)N2C(=O)c3ccccc3C2=O)s1. The van der Waals surface area contributed by atoms with Crippen LogP contribution in [0.3, 0.4) is 0 Å². The zero-order chi connectivity index (χ0) is 21.8. The summed E-state index contributed by atoms with van der Waals surface area (Å²) in [5.74, 6) is -0.856. The third-order valence-electron chi connectivity index (χ3n) is 4.86. The molecule has 1 unspecified atom stereocenters. The Bertz CT molecular complexity index is 1080. The van der Waals surface area contributed by atoms with Gasteiger partial charge in [-0.15, -0.1) is 10.2 Å². The third kappa shape index (κ3) is 4.46. The highest BCUT2D eigenvalue weighted by atomic mass is 32.1. The van der Waals surface area contributed by atoms with E-state index >= 15 is 0 Å². The molecule has 0 spiro atoms. The summed E-state index contributed by atoms with van der Waals surface area (Å²) in [6.07, 6.45) is 1.13. The number of hydrogen-bond donors (Lipinski definition) is 2. The van der Waals surface area contributed by atoms with E-state index in [0.29, 0.717) is 16.3 Å². The number of urea groups is 1. The van der Waals surface area contributed by atoms with Gasteiger partial charge in [-0.3, -0.25) is 19.8 Å². The minimum atomic E-state index is -0.863. The lowest BCUT2D eigenvalue weighted by Gasteiger charge is -2.27. The van der Waals surface area contributed by atoms with Crippen LogP contribution in [0.15, 0.2) is 54.6 Å². The predicted octanol–water partition coefficient (Wildman–Crippen LogP) is 3.48. The number of hydrogen-bond acceptors (Lipinski definition) is 6. The molecule has 158 valence electrons. The molecule has 3 aromatic rings. The molecule has 0 radical (unpaired) electrons. The van der Waals surface area contributed by atoms with E-state index in [1.54, 1.807) is 24.3 Å². The lowest BCUT2D eigenvalue weighted by Crippen LogP contribution is -2.53. The molecular formula is C22H21N5O3S. The van der Waals surface area contributed by atoms with Crippen molar-refractivity contribution in [2.24, 2.45) is 0 Å². The van der Waals surface area contributed by atoms with Crippen LogP contribution in [0.5, 0.6) is 0 Å². The van der Waals surface area contributed by atoms with E-state index < -0.39 is 24.0 Å². The first-order chi connectivity index (χ1) is 15.1. The lowest BCUT2D eigenvalue weighted by atomic mass is 10.1. The van der Waals surface area contributed by atoms with Gasteiger partial charge in [0, 0.05) is 12.8 Å². The average molecular weight is 436 g/mol. The van der Waals surface area contributed by atoms with Crippen molar-refractivity contribution in [3.63, 3.8) is 0 Å². The number of benzene rings is 2. The number of aryl methyl sites for hydroxylation is 1. The van der Waals surface area contributed by atoms with Crippen molar-refractivity contribution in [1.82, 2.24) is 20.4 Å². The van der Waals surface area contributed by atoms with Gasteiger partial charge in [0.05, 0.1) is 11.1 Å².